The average Bonchev–Trinajstić information content (AvgIpc) is 3.61. The maximum atomic E-state index is 15.1. The molecule has 0 radical (unpaired) electrons. The third-order valence-corrected chi connectivity index (χ3v) is 8.46. The van der Waals surface area contributed by atoms with E-state index in [9.17, 15) is 19.6 Å². The maximum Gasteiger partial charge on any atom is 0.255 e. The minimum Gasteiger partial charge on any atom is -0.371 e. The molecule has 206 valence electrons. The number of nitrogens with zero attached hydrogens (tertiary/aromatic N) is 4. The molecule has 6 atom stereocenters. The molecular formula is C26H35F2N7O3. The molecule has 12 heteroatoms. The lowest BCUT2D eigenvalue weighted by atomic mass is 9.71. The molecule has 2 bridgehead atoms. The number of halogens is 2. The van der Waals surface area contributed by atoms with E-state index >= 15 is 8.78 Å². The zero-order valence-corrected chi connectivity index (χ0v) is 21.5. The van der Waals surface area contributed by atoms with E-state index in [1.807, 2.05) is 6.07 Å². The number of piperidine rings is 3. The first-order valence-electron chi connectivity index (χ1n) is 13.6. The predicted molar refractivity (Wildman–Crippen MR) is 133 cm³/mol. The third kappa shape index (κ3) is 5.47. The van der Waals surface area contributed by atoms with Gasteiger partial charge in [-0.2, -0.15) is 10.4 Å². The van der Waals surface area contributed by atoms with Crippen molar-refractivity contribution in [3.05, 3.63) is 12.4 Å². The smallest absolute Gasteiger partial charge is 0.255 e. The van der Waals surface area contributed by atoms with Crippen LogP contribution in [0, 0.1) is 29.1 Å². The van der Waals surface area contributed by atoms with Crippen molar-refractivity contribution in [3.8, 4) is 6.07 Å². The Labute approximate surface area is 220 Å². The summed E-state index contributed by atoms with van der Waals surface area (Å²) in [5, 5.41) is 22.5. The molecule has 0 unspecified atom stereocenters. The summed E-state index contributed by atoms with van der Waals surface area (Å²) < 4.78 is 31.8. The largest absolute Gasteiger partial charge is 0.371 e. The summed E-state index contributed by atoms with van der Waals surface area (Å²) in [5.74, 6) is -5.76. The van der Waals surface area contributed by atoms with Gasteiger partial charge >= 0.3 is 0 Å². The number of anilines is 1. The van der Waals surface area contributed by atoms with Crippen molar-refractivity contribution in [1.82, 2.24) is 25.3 Å². The molecule has 2 aliphatic carbocycles. The van der Waals surface area contributed by atoms with Gasteiger partial charge in [-0.25, -0.2) is 8.78 Å². The summed E-state index contributed by atoms with van der Waals surface area (Å²) in [5.41, 5.74) is 0.648. The molecule has 4 heterocycles. The number of aryl methyl sites for hydroxylation is 1. The first-order chi connectivity index (χ1) is 18.2. The lowest BCUT2D eigenvalue weighted by molar-refractivity contribution is -0.194. The Kier molecular flexibility index (Phi) is 7.29. The Morgan fingerprint density at radius 2 is 2.05 bits per heavy atom. The third-order valence-electron chi connectivity index (χ3n) is 8.46. The molecule has 10 nitrogen and oxygen atoms in total. The zero-order chi connectivity index (χ0) is 27.0. The quantitative estimate of drug-likeness (QED) is 0.446. The molecule has 6 rings (SSSR count). The second kappa shape index (κ2) is 10.5. The number of hydrogen-bond acceptors (Lipinski definition) is 6. The van der Waals surface area contributed by atoms with Crippen molar-refractivity contribution in [3.63, 3.8) is 0 Å². The van der Waals surface area contributed by atoms with Gasteiger partial charge in [0.25, 0.3) is 5.92 Å². The normalized spacial score (nSPS) is 29.6. The highest BCUT2D eigenvalue weighted by Crippen LogP contribution is 2.49. The second-order valence-corrected chi connectivity index (χ2v) is 11.3. The van der Waals surface area contributed by atoms with Crippen LogP contribution in [-0.2, 0) is 21.4 Å². The molecule has 3 aliphatic heterocycles. The number of nitriles is 1. The van der Waals surface area contributed by atoms with E-state index in [-0.39, 0.29) is 24.7 Å². The standard InChI is InChI=1S/C26H35F2N7O3/c1-34-14-18(13-31-34)32-21(9-15-4-5-15)25(38)35-19-6-7-20(26(27,28)11-19)22(35)24(37)33-17(12-29)10-16-3-2-8-30-23(16)36/h13-17,19-22,32H,2-11H2,1H3,(H,30,36)(H,33,37)/t16-,17+,19-,20-,21+,22-/m0/s1. The maximum absolute atomic E-state index is 15.1. The molecule has 3 saturated heterocycles. The predicted octanol–water partition coefficient (Wildman–Crippen LogP) is 1.94. The molecule has 1 aromatic heterocycles. The Morgan fingerprint density at radius 3 is 2.68 bits per heavy atom. The van der Waals surface area contributed by atoms with Crippen LogP contribution >= 0.6 is 0 Å². The van der Waals surface area contributed by atoms with Crippen LogP contribution in [0.5, 0.6) is 0 Å². The Hall–Kier alpha value is -3.23. The fraction of sp³-hybridized carbons (Fsp3) is 0.731. The summed E-state index contributed by atoms with van der Waals surface area (Å²) >= 11 is 0. The lowest BCUT2D eigenvalue weighted by Gasteiger charge is -2.54. The molecule has 3 amide bonds. The van der Waals surface area contributed by atoms with Crippen LogP contribution in [0.2, 0.25) is 0 Å². The number of amides is 3. The van der Waals surface area contributed by atoms with Gasteiger partial charge in [-0.3, -0.25) is 19.1 Å². The van der Waals surface area contributed by atoms with E-state index in [1.165, 1.54) is 4.90 Å². The van der Waals surface area contributed by atoms with Crippen molar-refractivity contribution < 1.29 is 23.2 Å². The van der Waals surface area contributed by atoms with Gasteiger partial charge in [0.15, 0.2) is 0 Å². The summed E-state index contributed by atoms with van der Waals surface area (Å²) in [7, 11) is 1.76. The molecular weight excluding hydrogens is 496 g/mol. The second-order valence-electron chi connectivity index (χ2n) is 11.3. The minimum atomic E-state index is -3.09. The molecule has 3 N–H and O–H groups in total. The number of nitrogens with one attached hydrogen (secondary N) is 3. The van der Waals surface area contributed by atoms with Crippen LogP contribution in [0.4, 0.5) is 14.5 Å². The van der Waals surface area contributed by atoms with Crippen LogP contribution in [0.1, 0.15) is 57.8 Å². The van der Waals surface area contributed by atoms with Gasteiger partial charge < -0.3 is 20.9 Å². The zero-order valence-electron chi connectivity index (χ0n) is 21.5. The highest BCUT2D eigenvalue weighted by atomic mass is 19.3. The summed E-state index contributed by atoms with van der Waals surface area (Å²) in [4.78, 5) is 41.1. The fourth-order valence-corrected chi connectivity index (χ4v) is 6.36. The van der Waals surface area contributed by atoms with Crippen LogP contribution < -0.4 is 16.0 Å². The van der Waals surface area contributed by atoms with Crippen molar-refractivity contribution in [1.29, 1.82) is 5.26 Å². The van der Waals surface area contributed by atoms with Crippen molar-refractivity contribution in [2.45, 2.75) is 87.9 Å². The van der Waals surface area contributed by atoms with Gasteiger partial charge in [0.2, 0.25) is 17.7 Å². The van der Waals surface area contributed by atoms with Gasteiger partial charge in [-0.05, 0) is 44.4 Å². The first kappa shape index (κ1) is 26.4. The van der Waals surface area contributed by atoms with Gasteiger partial charge in [-0.1, -0.05) is 12.8 Å². The number of alkyl halides is 2. The number of carbonyl (C=O) groups is 3. The van der Waals surface area contributed by atoms with Crippen LogP contribution in [0.3, 0.4) is 0 Å². The van der Waals surface area contributed by atoms with E-state index < -0.39 is 54.3 Å². The lowest BCUT2D eigenvalue weighted by Crippen LogP contribution is -2.70. The van der Waals surface area contributed by atoms with Crippen molar-refractivity contribution >= 4 is 23.4 Å². The molecule has 0 spiro atoms. The number of aromatic nitrogens is 2. The molecule has 5 fully saturated rings. The Balaban J connectivity index is 1.37. The summed E-state index contributed by atoms with van der Waals surface area (Å²) in [6.07, 6.45) is 7.44. The van der Waals surface area contributed by atoms with E-state index in [1.54, 1.807) is 24.1 Å². The average molecular weight is 532 g/mol. The van der Waals surface area contributed by atoms with E-state index in [0.717, 1.165) is 19.3 Å². The van der Waals surface area contributed by atoms with Gasteiger partial charge in [0, 0.05) is 38.2 Å². The van der Waals surface area contributed by atoms with Gasteiger partial charge in [0.1, 0.15) is 18.1 Å². The van der Waals surface area contributed by atoms with Crippen LogP contribution in [0.25, 0.3) is 0 Å². The Bertz CT molecular complexity index is 1110. The minimum absolute atomic E-state index is 0.103. The summed E-state index contributed by atoms with van der Waals surface area (Å²) in [6, 6.07) is -1.81. The van der Waals surface area contributed by atoms with E-state index in [2.05, 4.69) is 21.0 Å². The summed E-state index contributed by atoms with van der Waals surface area (Å²) in [6.45, 7) is 0.575. The number of rotatable bonds is 9. The van der Waals surface area contributed by atoms with Crippen molar-refractivity contribution in [2.75, 3.05) is 11.9 Å². The topological polar surface area (TPSA) is 132 Å². The van der Waals surface area contributed by atoms with E-state index in [4.69, 9.17) is 0 Å². The Morgan fingerprint density at radius 1 is 1.26 bits per heavy atom. The highest BCUT2D eigenvalue weighted by Gasteiger charge is 2.61. The fourth-order valence-electron chi connectivity index (χ4n) is 6.36. The molecule has 38 heavy (non-hydrogen) atoms. The molecule has 0 aromatic carbocycles. The van der Waals surface area contributed by atoms with Gasteiger partial charge in [-0.15, -0.1) is 0 Å². The molecule has 1 aromatic rings. The number of carbonyl (C=O) groups excluding carboxylic acids is 3. The monoisotopic (exact) mass is 531 g/mol. The number of hydrogen-bond donors (Lipinski definition) is 3. The van der Waals surface area contributed by atoms with Crippen LogP contribution in [0.15, 0.2) is 12.4 Å². The molecule has 5 aliphatic rings. The van der Waals surface area contributed by atoms with Gasteiger partial charge in [0.05, 0.1) is 23.9 Å². The van der Waals surface area contributed by atoms with Crippen LogP contribution in [-0.4, -0.2) is 69.0 Å². The first-order valence-corrected chi connectivity index (χ1v) is 13.6. The molecule has 2 saturated carbocycles. The van der Waals surface area contributed by atoms with E-state index in [0.29, 0.717) is 37.4 Å². The SMILES string of the molecule is Cn1cc(N[C@H](CC2CC2)C(=O)N2[C@H]3CC[C@@H]([C@H]2C(=O)N[C@@H](C#N)C[C@@H]2CCCNC2=O)C(F)(F)C3)cn1. The highest BCUT2D eigenvalue weighted by molar-refractivity contribution is 5.92. The number of fused-ring (bicyclic) bond motifs is 3. The van der Waals surface area contributed by atoms with Crippen molar-refractivity contribution in [2.24, 2.45) is 24.8 Å².